The van der Waals surface area contributed by atoms with E-state index < -0.39 is 5.41 Å². The summed E-state index contributed by atoms with van der Waals surface area (Å²) in [5.74, 6) is -0.195. The van der Waals surface area contributed by atoms with E-state index in [4.69, 9.17) is 4.74 Å². The summed E-state index contributed by atoms with van der Waals surface area (Å²) < 4.78 is 4.86. The third kappa shape index (κ3) is 2.28. The Bertz CT molecular complexity index is 371. The molecule has 1 N–H and O–H groups in total. The van der Waals surface area contributed by atoms with Crippen molar-refractivity contribution in [2.45, 2.75) is 26.8 Å². The number of esters is 1. The van der Waals surface area contributed by atoms with E-state index in [1.807, 2.05) is 26.3 Å². The van der Waals surface area contributed by atoms with Crippen molar-refractivity contribution < 1.29 is 9.53 Å². The van der Waals surface area contributed by atoms with Crippen LogP contribution in [-0.4, -0.2) is 20.1 Å². The first kappa shape index (κ1) is 13.2. The second-order valence-corrected chi connectivity index (χ2v) is 5.35. The predicted octanol–water partition coefficient (Wildman–Crippen LogP) is 2.52. The molecule has 3 nitrogen and oxygen atoms in total. The van der Waals surface area contributed by atoms with E-state index in [2.05, 4.69) is 18.3 Å². The van der Waals surface area contributed by atoms with Crippen molar-refractivity contribution in [1.82, 2.24) is 5.32 Å². The highest BCUT2D eigenvalue weighted by atomic mass is 32.1. The fourth-order valence-electron chi connectivity index (χ4n) is 1.88. The number of carbonyl (C=O) groups excluding carboxylic acids is 1. The molecule has 16 heavy (non-hydrogen) atoms. The highest BCUT2D eigenvalue weighted by Gasteiger charge is 2.39. The van der Waals surface area contributed by atoms with Crippen LogP contribution in [0.5, 0.6) is 0 Å². The molecule has 0 radical (unpaired) electrons. The van der Waals surface area contributed by atoms with Gasteiger partial charge in [-0.2, -0.15) is 0 Å². The average molecular weight is 241 g/mol. The van der Waals surface area contributed by atoms with Gasteiger partial charge in [0.15, 0.2) is 0 Å². The van der Waals surface area contributed by atoms with Gasteiger partial charge in [0.05, 0.1) is 18.6 Å². The van der Waals surface area contributed by atoms with Crippen LogP contribution in [0.2, 0.25) is 0 Å². The summed E-state index contributed by atoms with van der Waals surface area (Å²) in [6.07, 6.45) is 0. The van der Waals surface area contributed by atoms with Gasteiger partial charge in [0.1, 0.15) is 0 Å². The first-order chi connectivity index (χ1) is 7.45. The molecule has 0 aliphatic rings. The van der Waals surface area contributed by atoms with E-state index in [-0.39, 0.29) is 12.0 Å². The third-order valence-electron chi connectivity index (χ3n) is 2.89. The predicted molar refractivity (Wildman–Crippen MR) is 66.7 cm³/mol. The molecule has 1 atom stereocenters. The van der Waals surface area contributed by atoms with E-state index in [0.717, 1.165) is 0 Å². The molecule has 0 aromatic carbocycles. The maximum atomic E-state index is 11.8. The fraction of sp³-hybridized carbons (Fsp3) is 0.583. The van der Waals surface area contributed by atoms with E-state index in [0.29, 0.717) is 0 Å². The van der Waals surface area contributed by atoms with Gasteiger partial charge in [0, 0.05) is 4.88 Å². The first-order valence-corrected chi connectivity index (χ1v) is 6.12. The molecule has 0 saturated heterocycles. The molecule has 1 aromatic rings. The van der Waals surface area contributed by atoms with Crippen LogP contribution in [0.25, 0.3) is 0 Å². The number of thiophene rings is 1. The summed E-state index contributed by atoms with van der Waals surface area (Å²) in [6.45, 7) is 5.86. The molecule has 0 bridgehead atoms. The van der Waals surface area contributed by atoms with Crippen LogP contribution in [0.4, 0.5) is 0 Å². The molecule has 0 spiro atoms. The van der Waals surface area contributed by atoms with Gasteiger partial charge in [0.25, 0.3) is 0 Å². The zero-order chi connectivity index (χ0) is 12.3. The summed E-state index contributed by atoms with van der Waals surface area (Å²) in [5.41, 5.74) is 0.639. The molecular weight excluding hydrogens is 222 g/mol. The Morgan fingerprint density at radius 2 is 2.19 bits per heavy atom. The minimum atomic E-state index is -0.570. The molecule has 1 aromatic heterocycles. The Morgan fingerprint density at radius 3 is 2.56 bits per heavy atom. The number of hydrogen-bond donors (Lipinski definition) is 1. The molecular formula is C12H19NO2S. The summed E-state index contributed by atoms with van der Waals surface area (Å²) in [6, 6.07) is 2.05. The number of methoxy groups -OCH3 is 1. The van der Waals surface area contributed by atoms with Gasteiger partial charge in [-0.15, -0.1) is 11.3 Å². The summed E-state index contributed by atoms with van der Waals surface area (Å²) >= 11 is 1.67. The molecule has 0 saturated carbocycles. The maximum absolute atomic E-state index is 11.8. The van der Waals surface area contributed by atoms with Gasteiger partial charge in [-0.25, -0.2) is 0 Å². The number of hydrogen-bond acceptors (Lipinski definition) is 4. The molecule has 1 heterocycles. The molecule has 4 heteroatoms. The number of aryl methyl sites for hydroxylation is 1. The zero-order valence-electron chi connectivity index (χ0n) is 10.5. The van der Waals surface area contributed by atoms with E-state index in [9.17, 15) is 4.79 Å². The number of ether oxygens (including phenoxy) is 1. The summed E-state index contributed by atoms with van der Waals surface area (Å²) in [4.78, 5) is 13.0. The molecule has 1 rings (SSSR count). The van der Waals surface area contributed by atoms with E-state index >= 15 is 0 Å². The SMILES string of the molecule is CNC(c1sccc1C)C(C)(C)C(=O)OC. The average Bonchev–Trinajstić information content (AvgIpc) is 2.64. The molecule has 0 aliphatic carbocycles. The van der Waals surface area contributed by atoms with Crippen molar-refractivity contribution in [2.24, 2.45) is 5.41 Å². The van der Waals surface area contributed by atoms with E-state index in [1.165, 1.54) is 17.6 Å². The molecule has 90 valence electrons. The molecule has 0 aliphatic heterocycles. The normalized spacial score (nSPS) is 13.6. The zero-order valence-corrected chi connectivity index (χ0v) is 11.3. The quantitative estimate of drug-likeness (QED) is 0.823. The number of carbonyl (C=O) groups is 1. The highest BCUT2D eigenvalue weighted by Crippen LogP contribution is 2.38. The summed E-state index contributed by atoms with van der Waals surface area (Å²) in [5, 5.41) is 5.25. The van der Waals surface area contributed by atoms with E-state index in [1.54, 1.807) is 11.3 Å². The van der Waals surface area contributed by atoms with Crippen LogP contribution in [0.3, 0.4) is 0 Å². The standard InChI is InChI=1S/C12H19NO2S/c1-8-6-7-16-9(8)10(13-4)12(2,3)11(14)15-5/h6-7,10,13H,1-5H3. The second kappa shape index (κ2) is 4.97. The van der Waals surface area contributed by atoms with Crippen LogP contribution in [0.1, 0.15) is 30.3 Å². The van der Waals surface area contributed by atoms with Gasteiger partial charge < -0.3 is 10.1 Å². The maximum Gasteiger partial charge on any atom is 0.313 e. The van der Waals surface area contributed by atoms with Gasteiger partial charge in [-0.3, -0.25) is 4.79 Å². The van der Waals surface area contributed by atoms with Gasteiger partial charge in [-0.05, 0) is 44.8 Å². The van der Waals surface area contributed by atoms with Gasteiger partial charge >= 0.3 is 5.97 Å². The van der Waals surface area contributed by atoms with Crippen LogP contribution >= 0.6 is 11.3 Å². The summed E-state index contributed by atoms with van der Waals surface area (Å²) in [7, 11) is 3.30. The third-order valence-corrected chi connectivity index (χ3v) is 3.97. The van der Waals surface area contributed by atoms with Crippen molar-refractivity contribution in [2.75, 3.05) is 14.2 Å². The Morgan fingerprint density at radius 1 is 1.56 bits per heavy atom. The lowest BCUT2D eigenvalue weighted by Gasteiger charge is -2.31. The molecule has 0 amide bonds. The fourth-order valence-corrected chi connectivity index (χ4v) is 3.10. The van der Waals surface area contributed by atoms with Crippen molar-refractivity contribution in [3.8, 4) is 0 Å². The van der Waals surface area contributed by atoms with Crippen molar-refractivity contribution >= 4 is 17.3 Å². The Kier molecular flexibility index (Phi) is 4.10. The number of nitrogens with one attached hydrogen (secondary N) is 1. The van der Waals surface area contributed by atoms with Crippen LogP contribution in [-0.2, 0) is 9.53 Å². The van der Waals surface area contributed by atoms with Gasteiger partial charge in [0.2, 0.25) is 0 Å². The van der Waals surface area contributed by atoms with Crippen molar-refractivity contribution in [3.63, 3.8) is 0 Å². The number of rotatable bonds is 4. The Balaban J connectivity index is 3.08. The minimum absolute atomic E-state index is 0.0139. The minimum Gasteiger partial charge on any atom is -0.469 e. The van der Waals surface area contributed by atoms with Crippen molar-refractivity contribution in [1.29, 1.82) is 0 Å². The topological polar surface area (TPSA) is 38.3 Å². The monoisotopic (exact) mass is 241 g/mol. The molecule has 0 fully saturated rings. The Hall–Kier alpha value is -0.870. The van der Waals surface area contributed by atoms with Crippen LogP contribution < -0.4 is 5.32 Å². The lowest BCUT2D eigenvalue weighted by atomic mass is 9.82. The molecule has 1 unspecified atom stereocenters. The van der Waals surface area contributed by atoms with Crippen LogP contribution in [0, 0.1) is 12.3 Å². The Labute approximate surface area is 101 Å². The largest absolute Gasteiger partial charge is 0.469 e. The first-order valence-electron chi connectivity index (χ1n) is 5.24. The van der Waals surface area contributed by atoms with Crippen molar-refractivity contribution in [3.05, 3.63) is 21.9 Å². The smallest absolute Gasteiger partial charge is 0.313 e. The lowest BCUT2D eigenvalue weighted by Crippen LogP contribution is -2.39. The second-order valence-electron chi connectivity index (χ2n) is 4.40. The van der Waals surface area contributed by atoms with Gasteiger partial charge in [-0.1, -0.05) is 0 Å². The van der Waals surface area contributed by atoms with Crippen LogP contribution in [0.15, 0.2) is 11.4 Å². The lowest BCUT2D eigenvalue weighted by molar-refractivity contribution is -0.152. The highest BCUT2D eigenvalue weighted by molar-refractivity contribution is 7.10.